The number of piperidine rings is 1. The van der Waals surface area contributed by atoms with Gasteiger partial charge in [0.25, 0.3) is 0 Å². The van der Waals surface area contributed by atoms with Gasteiger partial charge in [0.05, 0.1) is 17.1 Å². The molecular formula is C22H27ClN6OS. The zero-order chi connectivity index (χ0) is 21.8. The first-order chi connectivity index (χ1) is 14.8. The summed E-state index contributed by atoms with van der Waals surface area (Å²) in [6, 6.07) is 2.27. The number of hydrogen-bond donors (Lipinski definition) is 1. The molecule has 2 aromatic heterocycles. The molecule has 4 heterocycles. The molecule has 5 rings (SSSR count). The van der Waals surface area contributed by atoms with Gasteiger partial charge in [-0.15, -0.1) is 0 Å². The Hall–Kier alpha value is -2.03. The van der Waals surface area contributed by atoms with Crippen LogP contribution in [0.5, 0.6) is 0 Å². The lowest BCUT2D eigenvalue weighted by molar-refractivity contribution is 0.326. The van der Waals surface area contributed by atoms with Gasteiger partial charge in [-0.05, 0) is 25.8 Å². The second-order valence-corrected chi connectivity index (χ2v) is 11.3. The van der Waals surface area contributed by atoms with Crippen LogP contribution in [0.2, 0.25) is 5.15 Å². The number of rotatable bonds is 3. The van der Waals surface area contributed by atoms with Gasteiger partial charge in [0.1, 0.15) is 21.4 Å². The van der Waals surface area contributed by atoms with Gasteiger partial charge in [0.15, 0.2) is 0 Å². The molecule has 0 radical (unpaired) electrons. The average Bonchev–Trinajstić information content (AvgIpc) is 3.20. The fourth-order valence-electron chi connectivity index (χ4n) is 5.10. The van der Waals surface area contributed by atoms with Gasteiger partial charge in [-0.3, -0.25) is 0 Å². The van der Waals surface area contributed by atoms with E-state index in [2.05, 4.69) is 33.9 Å². The van der Waals surface area contributed by atoms with E-state index in [1.54, 1.807) is 10.6 Å². The molecule has 9 heteroatoms. The third-order valence-corrected chi connectivity index (χ3v) is 8.28. The minimum atomic E-state index is -2.64. The Morgan fingerprint density at radius 3 is 2.74 bits per heavy atom. The number of nitrogens with zero attached hydrogens (tertiary/aromatic N) is 5. The fourth-order valence-corrected chi connectivity index (χ4v) is 6.22. The van der Waals surface area contributed by atoms with Crippen LogP contribution in [0.25, 0.3) is 6.08 Å². The topological polar surface area (TPSA) is 86.1 Å². The highest BCUT2D eigenvalue weighted by atomic mass is 35.5. The highest BCUT2D eigenvalue weighted by Crippen LogP contribution is 2.38. The number of pyridine rings is 1. The Kier molecular flexibility index (Phi) is 5.27. The second-order valence-electron chi connectivity index (χ2n) is 8.80. The van der Waals surface area contributed by atoms with Crippen molar-refractivity contribution < 1.29 is 4.21 Å². The van der Waals surface area contributed by atoms with E-state index < -0.39 is 9.92 Å². The molecule has 2 atom stereocenters. The molecule has 1 fully saturated rings. The van der Waals surface area contributed by atoms with Crippen molar-refractivity contribution in [1.82, 2.24) is 19.3 Å². The quantitative estimate of drug-likeness (QED) is 0.706. The lowest BCUT2D eigenvalue weighted by atomic mass is 9.87. The molecule has 7 nitrogen and oxygen atoms in total. The molecule has 3 aliphatic rings. The van der Waals surface area contributed by atoms with Gasteiger partial charge >= 0.3 is 0 Å². The van der Waals surface area contributed by atoms with E-state index in [9.17, 15) is 4.21 Å². The number of nitrogens with one attached hydrogen (secondary N) is 1. The molecule has 1 saturated heterocycles. The van der Waals surface area contributed by atoms with Crippen LogP contribution in [-0.2, 0) is 29.3 Å². The van der Waals surface area contributed by atoms with E-state index >= 15 is 0 Å². The highest BCUT2D eigenvalue weighted by molar-refractivity contribution is 7.89. The van der Waals surface area contributed by atoms with Gasteiger partial charge < -0.3 is 4.90 Å². The molecule has 0 spiro atoms. The molecule has 0 bridgehead atoms. The predicted molar refractivity (Wildman–Crippen MR) is 124 cm³/mol. The summed E-state index contributed by atoms with van der Waals surface area (Å²) in [5, 5.41) is 0.533. The molecule has 1 unspecified atom stereocenters. The lowest BCUT2D eigenvalue weighted by Crippen LogP contribution is -2.41. The molecule has 164 valence electrons. The van der Waals surface area contributed by atoms with Gasteiger partial charge in [-0.2, -0.15) is 0 Å². The average molecular weight is 459 g/mol. The standard InChI is InChI=1S/C22H27ClN6OS/c1-14-10-19-17(12-29(14)20-11-21(23)27-18-5-3-4-16(18)20)22(26-13-25-19)15-6-8-28(9-7-15)31(2,24)30/h3-4,11,13-15,24H,5-10,12H2,1-2H3/t14-,31?/m1/s1. The molecule has 2 aliphatic heterocycles. The van der Waals surface area contributed by atoms with Gasteiger partial charge in [0, 0.05) is 67.5 Å². The number of allylic oxidation sites excluding steroid dienone is 1. The van der Waals surface area contributed by atoms with Crippen LogP contribution >= 0.6 is 11.6 Å². The van der Waals surface area contributed by atoms with E-state index in [1.165, 1.54) is 17.4 Å². The molecule has 0 saturated carbocycles. The molecular weight excluding hydrogens is 432 g/mol. The molecule has 0 amide bonds. The number of halogens is 1. The van der Waals surface area contributed by atoms with Crippen molar-refractivity contribution >= 4 is 33.3 Å². The Morgan fingerprint density at radius 2 is 2.00 bits per heavy atom. The maximum absolute atomic E-state index is 12.1. The van der Waals surface area contributed by atoms with Crippen LogP contribution in [0, 0.1) is 4.78 Å². The summed E-state index contributed by atoms with van der Waals surface area (Å²) in [6.07, 6.45) is 10.9. The van der Waals surface area contributed by atoms with E-state index in [1.807, 2.05) is 6.07 Å². The number of anilines is 1. The summed E-state index contributed by atoms with van der Waals surface area (Å²) in [7, 11) is -2.64. The van der Waals surface area contributed by atoms with Crippen LogP contribution in [0.3, 0.4) is 0 Å². The largest absolute Gasteiger partial charge is 0.363 e. The first kappa shape index (κ1) is 20.8. The van der Waals surface area contributed by atoms with Crippen LogP contribution in [0.15, 0.2) is 18.5 Å². The number of fused-ring (bicyclic) bond motifs is 2. The van der Waals surface area contributed by atoms with E-state index in [0.717, 1.165) is 55.0 Å². The normalized spacial score (nSPS) is 23.5. The van der Waals surface area contributed by atoms with Crippen molar-refractivity contribution in [3.63, 3.8) is 0 Å². The third-order valence-electron chi connectivity index (χ3n) is 6.74. The van der Waals surface area contributed by atoms with E-state index in [4.69, 9.17) is 21.4 Å². The summed E-state index contributed by atoms with van der Waals surface area (Å²) >= 11 is 6.37. The SMILES string of the molecule is C[C@@H]1Cc2ncnc(C3CCN(S(C)(=N)=O)CC3)c2CN1c1cc(Cl)nc2c1C=CC2. The minimum absolute atomic E-state index is 0.293. The van der Waals surface area contributed by atoms with Crippen LogP contribution in [0.4, 0.5) is 5.69 Å². The maximum atomic E-state index is 12.1. The molecule has 31 heavy (non-hydrogen) atoms. The van der Waals surface area contributed by atoms with Crippen molar-refractivity contribution in [2.24, 2.45) is 0 Å². The molecule has 0 aromatic carbocycles. The van der Waals surface area contributed by atoms with E-state index in [0.29, 0.717) is 30.2 Å². The number of aromatic nitrogens is 3. The number of hydrogen-bond acceptors (Lipinski definition) is 6. The van der Waals surface area contributed by atoms with E-state index in [-0.39, 0.29) is 0 Å². The van der Waals surface area contributed by atoms with Crippen molar-refractivity contribution in [3.8, 4) is 0 Å². The molecule has 2 aromatic rings. The van der Waals surface area contributed by atoms with Crippen molar-refractivity contribution in [3.05, 3.63) is 51.8 Å². The van der Waals surface area contributed by atoms with Crippen molar-refractivity contribution in [2.45, 2.75) is 51.1 Å². The Balaban J connectivity index is 1.47. The second kappa shape index (κ2) is 7.83. The van der Waals surface area contributed by atoms with Gasteiger partial charge in [-0.1, -0.05) is 23.8 Å². The van der Waals surface area contributed by atoms with Crippen molar-refractivity contribution in [2.75, 3.05) is 24.2 Å². The smallest absolute Gasteiger partial charge is 0.131 e. The summed E-state index contributed by atoms with van der Waals surface area (Å²) in [5.74, 6) is 0.302. The summed E-state index contributed by atoms with van der Waals surface area (Å²) in [5.41, 5.74) is 6.79. The Labute approximate surface area is 188 Å². The summed E-state index contributed by atoms with van der Waals surface area (Å²) in [6.45, 7) is 4.31. The monoisotopic (exact) mass is 458 g/mol. The van der Waals surface area contributed by atoms with Gasteiger partial charge in [-0.25, -0.2) is 28.2 Å². The van der Waals surface area contributed by atoms with Crippen molar-refractivity contribution in [1.29, 1.82) is 4.78 Å². The van der Waals surface area contributed by atoms with Crippen LogP contribution < -0.4 is 4.90 Å². The first-order valence-electron chi connectivity index (χ1n) is 10.8. The fraction of sp³-hybridized carbons (Fsp3) is 0.500. The zero-order valence-corrected chi connectivity index (χ0v) is 19.4. The Bertz CT molecular complexity index is 1160. The summed E-state index contributed by atoms with van der Waals surface area (Å²) in [4.78, 5) is 16.3. The first-order valence-corrected chi connectivity index (χ1v) is 13.1. The highest BCUT2D eigenvalue weighted by Gasteiger charge is 2.33. The summed E-state index contributed by atoms with van der Waals surface area (Å²) < 4.78 is 21.8. The lowest BCUT2D eigenvalue weighted by Gasteiger charge is -2.39. The Morgan fingerprint density at radius 1 is 1.23 bits per heavy atom. The molecule has 1 N–H and O–H groups in total. The zero-order valence-electron chi connectivity index (χ0n) is 17.8. The van der Waals surface area contributed by atoms with Gasteiger partial charge in [0.2, 0.25) is 0 Å². The van der Waals surface area contributed by atoms with Crippen LogP contribution in [0.1, 0.15) is 53.9 Å². The minimum Gasteiger partial charge on any atom is -0.363 e. The maximum Gasteiger partial charge on any atom is 0.131 e. The molecule has 1 aliphatic carbocycles. The predicted octanol–water partition coefficient (Wildman–Crippen LogP) is 3.82. The third kappa shape index (κ3) is 3.85. The van der Waals surface area contributed by atoms with Crippen LogP contribution in [-0.4, -0.2) is 48.9 Å².